The molecule has 0 radical (unpaired) electrons. The van der Waals surface area contributed by atoms with Crippen LogP contribution in [0.25, 0.3) is 22.2 Å². The van der Waals surface area contributed by atoms with Gasteiger partial charge in [-0.1, -0.05) is 6.07 Å². The lowest BCUT2D eigenvalue weighted by Crippen LogP contribution is -2.10. The van der Waals surface area contributed by atoms with Crippen LogP contribution in [0.2, 0.25) is 0 Å². The summed E-state index contributed by atoms with van der Waals surface area (Å²) in [6, 6.07) is 12.6. The molecule has 0 bridgehead atoms. The van der Waals surface area contributed by atoms with Crippen LogP contribution >= 0.6 is 11.5 Å². The first-order chi connectivity index (χ1) is 19.8. The molecule has 41 heavy (non-hydrogen) atoms. The fourth-order valence-electron chi connectivity index (χ4n) is 4.36. The van der Waals surface area contributed by atoms with E-state index >= 15 is 8.78 Å². The number of halogens is 3. The number of methoxy groups -OCH3 is 1. The summed E-state index contributed by atoms with van der Waals surface area (Å²) in [4.78, 5) is 16.0. The van der Waals surface area contributed by atoms with Crippen molar-refractivity contribution in [3.8, 4) is 23.1 Å². The maximum absolute atomic E-state index is 15.4. The van der Waals surface area contributed by atoms with E-state index in [0.717, 1.165) is 17.6 Å². The van der Waals surface area contributed by atoms with Crippen LogP contribution in [-0.4, -0.2) is 38.7 Å². The highest BCUT2D eigenvalue weighted by molar-refractivity contribution is 7.04. The number of aromatic nitrogens is 3. The Morgan fingerprint density at radius 1 is 1.10 bits per heavy atom. The molecule has 1 N–H and O–H groups in total. The van der Waals surface area contributed by atoms with Gasteiger partial charge in [0.15, 0.2) is 0 Å². The normalized spacial score (nSPS) is 11.1. The summed E-state index contributed by atoms with van der Waals surface area (Å²) in [5, 5.41) is 19.9. The zero-order chi connectivity index (χ0) is 29.1. The van der Waals surface area contributed by atoms with Crippen molar-refractivity contribution in [2.75, 3.05) is 13.7 Å². The van der Waals surface area contributed by atoms with Crippen LogP contribution < -0.4 is 4.74 Å². The summed E-state index contributed by atoms with van der Waals surface area (Å²) in [5.74, 6) is -2.91. The van der Waals surface area contributed by atoms with Crippen molar-refractivity contribution < 1.29 is 32.5 Å². The van der Waals surface area contributed by atoms with Crippen LogP contribution in [0.1, 0.15) is 32.9 Å². The number of ether oxygens (including phenoxy) is 2. The summed E-state index contributed by atoms with van der Waals surface area (Å²) >= 11 is 1.02. The molecule has 0 saturated heterocycles. The van der Waals surface area contributed by atoms with Crippen LogP contribution in [0.3, 0.4) is 0 Å². The van der Waals surface area contributed by atoms with Gasteiger partial charge in [-0.25, -0.2) is 22.9 Å². The van der Waals surface area contributed by atoms with Gasteiger partial charge < -0.3 is 19.1 Å². The van der Waals surface area contributed by atoms with Crippen molar-refractivity contribution in [1.82, 2.24) is 13.9 Å². The smallest absolute Gasteiger partial charge is 0.335 e. The van der Waals surface area contributed by atoms with Gasteiger partial charge in [-0.15, -0.1) is 0 Å². The van der Waals surface area contributed by atoms with Crippen LogP contribution in [0.5, 0.6) is 5.88 Å². The van der Waals surface area contributed by atoms with Crippen molar-refractivity contribution in [3.63, 3.8) is 0 Å². The molecule has 0 fully saturated rings. The lowest BCUT2D eigenvalue weighted by molar-refractivity contribution is 0.0697. The SMILES string of the molecule is COCCn1c(Cc2c(F)cc(-c3csnc3OCc3ccc(C#N)cc3F)cc2F)nc2ccc(C(=O)O)cc21. The zero-order valence-corrected chi connectivity index (χ0v) is 22.3. The molecule has 3 aromatic carbocycles. The maximum atomic E-state index is 15.4. The average Bonchev–Trinajstić information content (AvgIpc) is 3.56. The monoisotopic (exact) mass is 578 g/mol. The molecule has 0 aliphatic rings. The van der Waals surface area contributed by atoms with Gasteiger partial charge in [0.2, 0.25) is 5.88 Å². The van der Waals surface area contributed by atoms with E-state index in [0.29, 0.717) is 29.0 Å². The Bertz CT molecular complexity index is 1790. The van der Waals surface area contributed by atoms with E-state index in [1.165, 1.54) is 43.5 Å². The molecule has 0 saturated carbocycles. The predicted octanol–water partition coefficient (Wildman–Crippen LogP) is 5.96. The molecule has 12 heteroatoms. The van der Waals surface area contributed by atoms with Crippen molar-refractivity contribution >= 4 is 28.5 Å². The molecule has 2 heterocycles. The lowest BCUT2D eigenvalue weighted by Gasteiger charge is -2.12. The molecule has 2 aromatic heterocycles. The van der Waals surface area contributed by atoms with Gasteiger partial charge in [-0.2, -0.15) is 9.64 Å². The van der Waals surface area contributed by atoms with Gasteiger partial charge in [0.05, 0.1) is 40.4 Å². The molecule has 0 spiro atoms. The molecular formula is C29H21F3N4O4S. The van der Waals surface area contributed by atoms with Crippen LogP contribution in [-0.2, 0) is 24.3 Å². The number of nitrogens with zero attached hydrogens (tertiary/aromatic N) is 4. The highest BCUT2D eigenvalue weighted by Crippen LogP contribution is 2.34. The third kappa shape index (κ3) is 5.77. The number of aromatic carboxylic acids is 1. The van der Waals surface area contributed by atoms with E-state index in [4.69, 9.17) is 14.7 Å². The minimum Gasteiger partial charge on any atom is -0.478 e. The number of carboxylic acid groups (broad SMARTS) is 1. The van der Waals surface area contributed by atoms with E-state index in [2.05, 4.69) is 9.36 Å². The van der Waals surface area contributed by atoms with Crippen LogP contribution in [0, 0.1) is 28.8 Å². The molecule has 0 aliphatic carbocycles. The summed E-state index contributed by atoms with van der Waals surface area (Å²) < 4.78 is 61.7. The Hall–Kier alpha value is -4.73. The molecule has 0 unspecified atom stereocenters. The van der Waals surface area contributed by atoms with E-state index in [1.54, 1.807) is 16.0 Å². The number of carbonyl (C=O) groups is 1. The fraction of sp³-hybridized carbons (Fsp3) is 0.172. The average molecular weight is 579 g/mol. The second kappa shape index (κ2) is 11.8. The van der Waals surface area contributed by atoms with E-state index < -0.39 is 23.4 Å². The number of hydrogen-bond donors (Lipinski definition) is 1. The molecule has 0 atom stereocenters. The van der Waals surface area contributed by atoms with E-state index in [1.807, 2.05) is 6.07 Å². The van der Waals surface area contributed by atoms with Crippen molar-refractivity contribution in [1.29, 1.82) is 5.26 Å². The Labute approximate surface area is 236 Å². The van der Waals surface area contributed by atoms with Gasteiger partial charge >= 0.3 is 5.97 Å². The number of fused-ring (bicyclic) bond motifs is 1. The summed E-state index contributed by atoms with van der Waals surface area (Å²) in [6.07, 6.45) is -0.193. The number of nitriles is 1. The summed E-state index contributed by atoms with van der Waals surface area (Å²) in [7, 11) is 1.51. The molecule has 5 rings (SSSR count). The molecule has 5 aromatic rings. The van der Waals surface area contributed by atoms with Crippen molar-refractivity contribution in [2.24, 2.45) is 0 Å². The highest BCUT2D eigenvalue weighted by atomic mass is 32.1. The highest BCUT2D eigenvalue weighted by Gasteiger charge is 2.21. The fourth-order valence-corrected chi connectivity index (χ4v) is 5.00. The van der Waals surface area contributed by atoms with Gasteiger partial charge in [0, 0.05) is 36.6 Å². The Balaban J connectivity index is 1.43. The molecule has 208 valence electrons. The quantitative estimate of drug-likeness (QED) is 0.218. The number of rotatable bonds is 10. The number of hydrogen-bond acceptors (Lipinski definition) is 7. The number of benzene rings is 3. The Morgan fingerprint density at radius 2 is 1.88 bits per heavy atom. The lowest BCUT2D eigenvalue weighted by atomic mass is 10.0. The zero-order valence-electron chi connectivity index (χ0n) is 21.5. The molecule has 0 amide bonds. The van der Waals surface area contributed by atoms with Crippen LogP contribution in [0.4, 0.5) is 13.2 Å². The topological polar surface area (TPSA) is 110 Å². The predicted molar refractivity (Wildman–Crippen MR) is 144 cm³/mol. The van der Waals surface area contributed by atoms with E-state index in [9.17, 15) is 14.3 Å². The molecule has 8 nitrogen and oxygen atoms in total. The molecule has 0 aliphatic heterocycles. The number of carboxylic acids is 1. The first-order valence-corrected chi connectivity index (χ1v) is 13.1. The third-order valence-electron chi connectivity index (χ3n) is 6.46. The number of imidazole rings is 1. The second-order valence-corrected chi connectivity index (χ2v) is 9.65. The largest absolute Gasteiger partial charge is 0.478 e. The second-order valence-electron chi connectivity index (χ2n) is 9.02. The van der Waals surface area contributed by atoms with Gasteiger partial charge in [0.1, 0.15) is 29.9 Å². The first kappa shape index (κ1) is 27.8. The standard InChI is InChI=1S/C29H21F3N4O4S/c1-39-7-6-36-26-11-17(29(37)38)4-5-25(26)34-27(36)12-20-23(31)9-19(10-24(20)32)21-15-41-35-28(21)40-14-18-3-2-16(13-33)8-22(18)30/h2-5,8-11,15H,6-7,12,14H2,1H3,(H,37,38). The van der Waals surface area contributed by atoms with Gasteiger partial charge in [0.25, 0.3) is 0 Å². The Kier molecular flexibility index (Phi) is 8.00. The third-order valence-corrected chi connectivity index (χ3v) is 7.08. The minimum atomic E-state index is -1.10. The van der Waals surface area contributed by atoms with Crippen molar-refractivity contribution in [3.05, 3.63) is 99.4 Å². The van der Waals surface area contributed by atoms with Gasteiger partial charge in [-0.3, -0.25) is 0 Å². The Morgan fingerprint density at radius 3 is 2.56 bits per heavy atom. The van der Waals surface area contributed by atoms with Crippen LogP contribution in [0.15, 0.2) is 53.9 Å². The minimum absolute atomic E-state index is 0.0636. The maximum Gasteiger partial charge on any atom is 0.335 e. The van der Waals surface area contributed by atoms with Gasteiger partial charge in [-0.05, 0) is 59.6 Å². The first-order valence-electron chi connectivity index (χ1n) is 12.2. The summed E-state index contributed by atoms with van der Waals surface area (Å²) in [6.45, 7) is 0.381. The van der Waals surface area contributed by atoms with Crippen molar-refractivity contribution in [2.45, 2.75) is 19.6 Å². The summed E-state index contributed by atoms with van der Waals surface area (Å²) in [5.41, 5.74) is 1.74. The van der Waals surface area contributed by atoms with E-state index in [-0.39, 0.29) is 53.3 Å². The molecular weight excluding hydrogens is 557 g/mol.